The first-order chi connectivity index (χ1) is 19.9. The number of amides is 4. The fraction of sp³-hybridized carbons (Fsp3) is 0.414. The summed E-state index contributed by atoms with van der Waals surface area (Å²) in [5.41, 5.74) is 12.8. The van der Waals surface area contributed by atoms with Gasteiger partial charge in [-0.2, -0.15) is 0 Å². The lowest BCUT2D eigenvalue weighted by atomic mass is 10.0. The Hall–Kier alpha value is -4.49. The van der Waals surface area contributed by atoms with Crippen molar-refractivity contribution in [2.45, 2.75) is 69.7 Å². The van der Waals surface area contributed by atoms with Crippen LogP contribution in [0.15, 0.2) is 54.6 Å². The maximum atomic E-state index is 13.3. The first-order valence-corrected chi connectivity index (χ1v) is 13.6. The molecule has 0 aliphatic rings. The summed E-state index contributed by atoms with van der Waals surface area (Å²) >= 11 is 0. The molecular weight excluding hydrogens is 544 g/mol. The van der Waals surface area contributed by atoms with Gasteiger partial charge in [0.15, 0.2) is 0 Å². The average Bonchev–Trinajstić information content (AvgIpc) is 2.96. The molecule has 4 amide bonds. The number of hydrogen-bond acceptors (Lipinski definition) is 8. The van der Waals surface area contributed by atoms with E-state index in [1.54, 1.807) is 42.5 Å². The summed E-state index contributed by atoms with van der Waals surface area (Å²) in [6.07, 6.45) is 0.956. The Morgan fingerprint density at radius 2 is 1.21 bits per heavy atom. The standard InChI is InChI=1S/C29H40N6O7/c1-17(25(37)34-23(15-19-7-4-3-5-8-19)28(40)33-18(2)29(41)42)32-27(39)24(16-20-10-12-21(36)13-11-20)35-26(38)22(31)9-6-14-30/h3-5,7-8,10-13,17-18,22-24,36H,6,9,14-16,30-31H2,1-2H3,(H,32,39)(H,33,40)(H,34,37)(H,35,38)(H,41,42)/t17-,18-,22-,23+,24+/m1/s1. The molecule has 0 radical (unpaired) electrons. The first-order valence-electron chi connectivity index (χ1n) is 13.6. The van der Waals surface area contributed by atoms with Crippen molar-refractivity contribution in [3.8, 4) is 5.75 Å². The third-order valence-corrected chi connectivity index (χ3v) is 6.46. The maximum absolute atomic E-state index is 13.3. The van der Waals surface area contributed by atoms with Crippen molar-refractivity contribution in [3.63, 3.8) is 0 Å². The van der Waals surface area contributed by atoms with Gasteiger partial charge in [-0.1, -0.05) is 42.5 Å². The minimum Gasteiger partial charge on any atom is -0.508 e. The zero-order valence-corrected chi connectivity index (χ0v) is 23.7. The number of phenols is 1. The molecule has 0 aliphatic heterocycles. The molecular formula is C29H40N6O7. The van der Waals surface area contributed by atoms with Crippen LogP contribution in [0.5, 0.6) is 5.75 Å². The number of benzene rings is 2. The number of carboxylic acid groups (broad SMARTS) is 1. The Morgan fingerprint density at radius 1 is 0.714 bits per heavy atom. The molecule has 0 saturated carbocycles. The number of carboxylic acids is 1. The highest BCUT2D eigenvalue weighted by molar-refractivity contribution is 5.95. The molecule has 0 fully saturated rings. The second-order valence-electron chi connectivity index (χ2n) is 10.0. The van der Waals surface area contributed by atoms with Gasteiger partial charge in [-0.25, -0.2) is 0 Å². The molecule has 13 heteroatoms. The third-order valence-electron chi connectivity index (χ3n) is 6.46. The Morgan fingerprint density at radius 3 is 1.74 bits per heavy atom. The number of carbonyl (C=O) groups excluding carboxylic acids is 4. The first kappa shape index (κ1) is 33.7. The van der Waals surface area contributed by atoms with Crippen molar-refractivity contribution in [2.24, 2.45) is 11.5 Å². The fourth-order valence-electron chi connectivity index (χ4n) is 3.94. The molecule has 2 aromatic carbocycles. The molecule has 0 aromatic heterocycles. The van der Waals surface area contributed by atoms with Gasteiger partial charge in [0, 0.05) is 12.8 Å². The Kier molecular flexibility index (Phi) is 13.4. The van der Waals surface area contributed by atoms with E-state index >= 15 is 0 Å². The number of hydrogen-bond donors (Lipinski definition) is 8. The highest BCUT2D eigenvalue weighted by Gasteiger charge is 2.29. The van der Waals surface area contributed by atoms with E-state index in [1.807, 2.05) is 0 Å². The largest absolute Gasteiger partial charge is 0.508 e. The van der Waals surface area contributed by atoms with Crippen molar-refractivity contribution >= 4 is 29.6 Å². The van der Waals surface area contributed by atoms with Gasteiger partial charge >= 0.3 is 5.97 Å². The Labute approximate surface area is 244 Å². The smallest absolute Gasteiger partial charge is 0.325 e. The topological polar surface area (TPSA) is 226 Å². The van der Waals surface area contributed by atoms with E-state index in [0.29, 0.717) is 24.9 Å². The molecule has 0 bridgehead atoms. The number of rotatable bonds is 16. The van der Waals surface area contributed by atoms with E-state index in [0.717, 1.165) is 5.56 Å². The minimum absolute atomic E-state index is 0.0322. The SMILES string of the molecule is C[C@@H](NC(=O)[C@H](Cc1ccccc1)NC(=O)[C@@H](C)NC(=O)[C@H](Cc1ccc(O)cc1)NC(=O)[C@H](N)CCCN)C(=O)O. The molecule has 0 heterocycles. The van der Waals surface area contributed by atoms with Crippen molar-refractivity contribution in [3.05, 3.63) is 65.7 Å². The number of carbonyl (C=O) groups is 5. The summed E-state index contributed by atoms with van der Waals surface area (Å²) in [6.45, 7) is 3.06. The number of aromatic hydroxyl groups is 1. The zero-order chi connectivity index (χ0) is 31.2. The summed E-state index contributed by atoms with van der Waals surface area (Å²) in [4.78, 5) is 63.2. The van der Waals surface area contributed by atoms with E-state index in [4.69, 9.17) is 11.5 Å². The van der Waals surface area contributed by atoms with Crippen LogP contribution in [0.25, 0.3) is 0 Å². The van der Waals surface area contributed by atoms with Crippen LogP contribution in [0.2, 0.25) is 0 Å². The minimum atomic E-state index is -1.24. The highest BCUT2D eigenvalue weighted by atomic mass is 16.4. The average molecular weight is 585 g/mol. The second kappa shape index (κ2) is 16.7. The molecule has 2 aromatic rings. The van der Waals surface area contributed by atoms with Gasteiger partial charge in [0.2, 0.25) is 23.6 Å². The summed E-state index contributed by atoms with van der Waals surface area (Å²) < 4.78 is 0. The van der Waals surface area contributed by atoms with E-state index in [2.05, 4.69) is 21.3 Å². The van der Waals surface area contributed by atoms with Crippen LogP contribution in [0, 0.1) is 0 Å². The van der Waals surface area contributed by atoms with Crippen molar-refractivity contribution in [2.75, 3.05) is 6.54 Å². The van der Waals surface area contributed by atoms with Gasteiger partial charge < -0.3 is 42.9 Å². The van der Waals surface area contributed by atoms with Crippen LogP contribution < -0.4 is 32.7 Å². The van der Waals surface area contributed by atoms with Crippen LogP contribution in [0.4, 0.5) is 0 Å². The van der Waals surface area contributed by atoms with Crippen molar-refractivity contribution < 1.29 is 34.2 Å². The van der Waals surface area contributed by atoms with Gasteiger partial charge in [0.1, 0.15) is 29.9 Å². The van der Waals surface area contributed by atoms with Crippen molar-refractivity contribution in [1.82, 2.24) is 21.3 Å². The molecule has 0 unspecified atom stereocenters. The molecule has 228 valence electrons. The predicted octanol–water partition coefficient (Wildman–Crippen LogP) is -0.693. The molecule has 13 nitrogen and oxygen atoms in total. The lowest BCUT2D eigenvalue weighted by molar-refractivity contribution is -0.141. The normalized spacial score (nSPS) is 14.4. The number of nitrogens with two attached hydrogens (primary N) is 2. The lowest BCUT2D eigenvalue weighted by Gasteiger charge is -2.25. The zero-order valence-electron chi connectivity index (χ0n) is 23.7. The van der Waals surface area contributed by atoms with Crippen LogP contribution in [0.1, 0.15) is 37.8 Å². The van der Waals surface area contributed by atoms with Crippen LogP contribution in [-0.2, 0) is 36.8 Å². The highest BCUT2D eigenvalue weighted by Crippen LogP contribution is 2.12. The fourth-order valence-corrected chi connectivity index (χ4v) is 3.94. The van der Waals surface area contributed by atoms with Gasteiger partial charge in [-0.3, -0.25) is 24.0 Å². The summed E-state index contributed by atoms with van der Waals surface area (Å²) in [5.74, 6) is -3.84. The number of aliphatic carboxylic acids is 1. The Bertz CT molecular complexity index is 1210. The number of phenolic OH excluding ortho intramolecular Hbond substituents is 1. The number of nitrogens with one attached hydrogen (secondary N) is 4. The van der Waals surface area contributed by atoms with Crippen LogP contribution in [-0.4, -0.2) is 76.6 Å². The van der Waals surface area contributed by atoms with Gasteiger partial charge in [-0.15, -0.1) is 0 Å². The molecule has 10 N–H and O–H groups in total. The summed E-state index contributed by atoms with van der Waals surface area (Å²) in [6, 6.07) is 9.45. The maximum Gasteiger partial charge on any atom is 0.325 e. The van der Waals surface area contributed by atoms with Gasteiger partial charge in [-0.05, 0) is 56.5 Å². The van der Waals surface area contributed by atoms with E-state index in [-0.39, 0.29) is 18.6 Å². The van der Waals surface area contributed by atoms with Crippen LogP contribution >= 0.6 is 0 Å². The van der Waals surface area contributed by atoms with E-state index < -0.39 is 59.8 Å². The molecule has 0 saturated heterocycles. The lowest BCUT2D eigenvalue weighted by Crippen LogP contribution is -2.58. The Balaban J connectivity index is 2.16. The van der Waals surface area contributed by atoms with Gasteiger partial charge in [0.25, 0.3) is 0 Å². The quantitative estimate of drug-likeness (QED) is 0.125. The van der Waals surface area contributed by atoms with E-state index in [1.165, 1.54) is 26.0 Å². The van der Waals surface area contributed by atoms with Crippen LogP contribution in [0.3, 0.4) is 0 Å². The summed E-state index contributed by atoms with van der Waals surface area (Å²) in [5, 5.41) is 28.9. The predicted molar refractivity (Wildman–Crippen MR) is 155 cm³/mol. The van der Waals surface area contributed by atoms with E-state index in [9.17, 15) is 34.2 Å². The molecule has 0 aliphatic carbocycles. The molecule has 42 heavy (non-hydrogen) atoms. The molecule has 5 atom stereocenters. The van der Waals surface area contributed by atoms with Gasteiger partial charge in [0.05, 0.1) is 6.04 Å². The second-order valence-corrected chi connectivity index (χ2v) is 10.0. The van der Waals surface area contributed by atoms with Crippen molar-refractivity contribution in [1.29, 1.82) is 0 Å². The molecule has 2 rings (SSSR count). The third kappa shape index (κ3) is 11.2. The summed E-state index contributed by atoms with van der Waals surface area (Å²) in [7, 11) is 0. The molecule has 0 spiro atoms. The monoisotopic (exact) mass is 584 g/mol.